The molecule has 0 radical (unpaired) electrons. The first-order valence-electron chi connectivity index (χ1n) is 4.39. The number of halogens is 1. The zero-order valence-corrected chi connectivity index (χ0v) is 9.56. The normalized spacial score (nSPS) is 14.4. The number of nitrogens with zero attached hydrogens (tertiary/aromatic N) is 2. The molecule has 0 saturated carbocycles. The van der Waals surface area contributed by atoms with Crippen molar-refractivity contribution < 1.29 is 9.59 Å². The zero-order chi connectivity index (χ0) is 11.7. The summed E-state index contributed by atoms with van der Waals surface area (Å²) in [6.07, 6.45) is 2.37. The first kappa shape index (κ1) is 10.6. The van der Waals surface area contributed by atoms with Gasteiger partial charge in [-0.05, 0) is 18.2 Å². The van der Waals surface area contributed by atoms with Gasteiger partial charge in [0.05, 0.1) is 11.3 Å². The number of anilines is 1. The molecule has 1 aromatic carbocycles. The molecule has 2 rings (SSSR count). The van der Waals surface area contributed by atoms with Crippen molar-refractivity contribution >= 4 is 33.4 Å². The molecule has 0 N–H and O–H groups in total. The Labute approximate surface area is 99.9 Å². The number of hydrogen-bond donors (Lipinski definition) is 0. The molecule has 78 valence electrons. The first-order valence-corrected chi connectivity index (χ1v) is 5.18. The number of benzene rings is 1. The van der Waals surface area contributed by atoms with Gasteiger partial charge in [-0.3, -0.25) is 9.59 Å². The van der Waals surface area contributed by atoms with E-state index in [1.54, 1.807) is 18.2 Å². The molecule has 1 heterocycles. The largest absolute Gasteiger partial charge is 0.269 e. The standard InChI is InChI=1S/C11H5BrN2O2/c12-8-1-2-9(7(5-8)6-13)14-10(15)3-4-11(14)16/h1-5H. The van der Waals surface area contributed by atoms with Crippen LogP contribution in [0.1, 0.15) is 5.56 Å². The summed E-state index contributed by atoms with van der Waals surface area (Å²) >= 11 is 3.22. The summed E-state index contributed by atoms with van der Waals surface area (Å²) in [6.45, 7) is 0. The lowest BCUT2D eigenvalue weighted by Gasteiger charge is -2.15. The molecule has 0 aliphatic carbocycles. The van der Waals surface area contributed by atoms with Crippen molar-refractivity contribution in [2.24, 2.45) is 0 Å². The number of nitriles is 1. The number of rotatable bonds is 1. The molecule has 0 aromatic heterocycles. The summed E-state index contributed by atoms with van der Waals surface area (Å²) in [5.41, 5.74) is 0.588. The SMILES string of the molecule is N#Cc1cc(Br)ccc1N1C(=O)C=CC1=O. The van der Waals surface area contributed by atoms with Crippen molar-refractivity contribution in [3.05, 3.63) is 40.4 Å². The Kier molecular flexibility index (Phi) is 2.59. The van der Waals surface area contributed by atoms with Crippen LogP contribution in [0.4, 0.5) is 5.69 Å². The molecule has 0 atom stereocenters. The maximum Gasteiger partial charge on any atom is 0.258 e. The summed E-state index contributed by atoms with van der Waals surface area (Å²) < 4.78 is 0.722. The molecule has 0 spiro atoms. The van der Waals surface area contributed by atoms with Crippen molar-refractivity contribution in [2.45, 2.75) is 0 Å². The Hall–Kier alpha value is -1.93. The van der Waals surface area contributed by atoms with Gasteiger partial charge in [0.25, 0.3) is 11.8 Å². The van der Waals surface area contributed by atoms with E-state index in [4.69, 9.17) is 5.26 Å². The molecule has 0 bridgehead atoms. The monoisotopic (exact) mass is 276 g/mol. The highest BCUT2D eigenvalue weighted by atomic mass is 79.9. The minimum atomic E-state index is -0.427. The van der Waals surface area contributed by atoms with E-state index in [-0.39, 0.29) is 5.56 Å². The Morgan fingerprint density at radius 2 is 1.81 bits per heavy atom. The van der Waals surface area contributed by atoms with Crippen LogP contribution in [0, 0.1) is 11.3 Å². The average molecular weight is 277 g/mol. The van der Waals surface area contributed by atoms with Gasteiger partial charge in [0.15, 0.2) is 0 Å². The van der Waals surface area contributed by atoms with Gasteiger partial charge < -0.3 is 0 Å². The van der Waals surface area contributed by atoms with Crippen molar-refractivity contribution in [3.8, 4) is 6.07 Å². The number of carbonyl (C=O) groups excluding carboxylic acids is 2. The van der Waals surface area contributed by atoms with E-state index >= 15 is 0 Å². The summed E-state index contributed by atoms with van der Waals surface area (Å²) in [7, 11) is 0. The topological polar surface area (TPSA) is 61.2 Å². The fourth-order valence-electron chi connectivity index (χ4n) is 1.43. The minimum absolute atomic E-state index is 0.278. The van der Waals surface area contributed by atoms with Crippen LogP contribution in [0.25, 0.3) is 0 Å². The van der Waals surface area contributed by atoms with Gasteiger partial charge in [0.2, 0.25) is 0 Å². The van der Waals surface area contributed by atoms with E-state index in [2.05, 4.69) is 15.9 Å². The van der Waals surface area contributed by atoms with Crippen LogP contribution in [-0.2, 0) is 9.59 Å². The summed E-state index contributed by atoms with van der Waals surface area (Å²) in [5, 5.41) is 8.94. The van der Waals surface area contributed by atoms with Crippen LogP contribution in [0.3, 0.4) is 0 Å². The minimum Gasteiger partial charge on any atom is -0.269 e. The molecule has 16 heavy (non-hydrogen) atoms. The Balaban J connectivity index is 2.53. The lowest BCUT2D eigenvalue weighted by Crippen LogP contribution is -2.30. The van der Waals surface area contributed by atoms with Crippen molar-refractivity contribution in [3.63, 3.8) is 0 Å². The molecule has 4 nitrogen and oxygen atoms in total. The summed E-state index contributed by atoms with van der Waals surface area (Å²) in [4.78, 5) is 23.8. The smallest absolute Gasteiger partial charge is 0.258 e. The fraction of sp³-hybridized carbons (Fsp3) is 0. The lowest BCUT2D eigenvalue weighted by molar-refractivity contribution is -0.119. The third-order valence-electron chi connectivity index (χ3n) is 2.13. The quantitative estimate of drug-likeness (QED) is 0.735. The van der Waals surface area contributed by atoms with Crippen molar-refractivity contribution in [1.29, 1.82) is 5.26 Å². The molecule has 0 fully saturated rings. The molecule has 2 amide bonds. The Bertz CT molecular complexity index is 540. The van der Waals surface area contributed by atoms with Gasteiger partial charge in [-0.15, -0.1) is 0 Å². The van der Waals surface area contributed by atoms with Crippen LogP contribution in [0.15, 0.2) is 34.8 Å². The van der Waals surface area contributed by atoms with E-state index < -0.39 is 11.8 Å². The third kappa shape index (κ3) is 1.64. The van der Waals surface area contributed by atoms with Gasteiger partial charge in [-0.25, -0.2) is 4.90 Å². The highest BCUT2D eigenvalue weighted by molar-refractivity contribution is 9.10. The second-order valence-electron chi connectivity index (χ2n) is 3.12. The van der Waals surface area contributed by atoms with Crippen LogP contribution in [0.2, 0.25) is 0 Å². The summed E-state index contributed by atoms with van der Waals surface area (Å²) in [6, 6.07) is 6.75. The van der Waals surface area contributed by atoms with Crippen LogP contribution < -0.4 is 4.90 Å². The van der Waals surface area contributed by atoms with Gasteiger partial charge >= 0.3 is 0 Å². The fourth-order valence-corrected chi connectivity index (χ4v) is 1.79. The van der Waals surface area contributed by atoms with E-state index in [1.165, 1.54) is 12.2 Å². The van der Waals surface area contributed by atoms with Crippen LogP contribution >= 0.6 is 15.9 Å². The molecular weight excluding hydrogens is 272 g/mol. The lowest BCUT2D eigenvalue weighted by atomic mass is 10.2. The van der Waals surface area contributed by atoms with Crippen LogP contribution in [-0.4, -0.2) is 11.8 Å². The van der Waals surface area contributed by atoms with E-state index in [1.807, 2.05) is 6.07 Å². The number of imide groups is 1. The van der Waals surface area contributed by atoms with Gasteiger partial charge in [-0.2, -0.15) is 5.26 Å². The van der Waals surface area contributed by atoms with E-state index in [0.29, 0.717) is 5.69 Å². The highest BCUT2D eigenvalue weighted by Crippen LogP contribution is 2.26. The van der Waals surface area contributed by atoms with Gasteiger partial charge in [0.1, 0.15) is 6.07 Å². The molecule has 1 aromatic rings. The first-order chi connectivity index (χ1) is 7.63. The number of amides is 2. The Morgan fingerprint density at radius 1 is 1.19 bits per heavy atom. The molecule has 1 aliphatic rings. The predicted molar refractivity (Wildman–Crippen MR) is 60.5 cm³/mol. The maximum atomic E-state index is 11.4. The summed E-state index contributed by atoms with van der Waals surface area (Å²) in [5.74, 6) is -0.854. The van der Waals surface area contributed by atoms with Crippen molar-refractivity contribution in [1.82, 2.24) is 0 Å². The highest BCUT2D eigenvalue weighted by Gasteiger charge is 2.27. The molecule has 1 aliphatic heterocycles. The Morgan fingerprint density at radius 3 is 2.38 bits per heavy atom. The predicted octanol–water partition coefficient (Wildman–Crippen LogP) is 1.75. The zero-order valence-electron chi connectivity index (χ0n) is 7.98. The maximum absolute atomic E-state index is 11.4. The molecule has 0 unspecified atom stereocenters. The third-order valence-corrected chi connectivity index (χ3v) is 2.62. The molecule has 0 saturated heterocycles. The van der Waals surface area contributed by atoms with E-state index in [0.717, 1.165) is 9.37 Å². The van der Waals surface area contributed by atoms with Gasteiger partial charge in [0, 0.05) is 16.6 Å². The number of carbonyl (C=O) groups is 2. The average Bonchev–Trinajstić information content (AvgIpc) is 2.59. The molecular formula is C11H5BrN2O2. The molecule has 5 heteroatoms. The van der Waals surface area contributed by atoms with Crippen LogP contribution in [0.5, 0.6) is 0 Å². The van der Waals surface area contributed by atoms with Gasteiger partial charge in [-0.1, -0.05) is 15.9 Å². The van der Waals surface area contributed by atoms with E-state index in [9.17, 15) is 9.59 Å². The van der Waals surface area contributed by atoms with Crippen molar-refractivity contribution in [2.75, 3.05) is 4.90 Å². The second-order valence-corrected chi connectivity index (χ2v) is 4.03. The second kappa shape index (κ2) is 3.91. The number of hydrogen-bond acceptors (Lipinski definition) is 3.